The minimum Gasteiger partial charge on any atom is -0.494 e. The highest BCUT2D eigenvalue weighted by Gasteiger charge is 2.29. The molecule has 0 aliphatic carbocycles. The van der Waals surface area contributed by atoms with Gasteiger partial charge in [-0.1, -0.05) is 11.6 Å². The van der Waals surface area contributed by atoms with Crippen molar-refractivity contribution in [2.75, 3.05) is 30.8 Å². The molecule has 0 bridgehead atoms. The lowest BCUT2D eigenvalue weighted by atomic mass is 10.2. The predicted octanol–water partition coefficient (Wildman–Crippen LogP) is 6.16. The zero-order valence-corrected chi connectivity index (χ0v) is 21.9. The minimum atomic E-state index is -1.51. The Bertz CT molecular complexity index is 1040. The van der Waals surface area contributed by atoms with Crippen LogP contribution in [0.3, 0.4) is 0 Å². The molecule has 0 aliphatic heterocycles. The highest BCUT2D eigenvalue weighted by Crippen LogP contribution is 2.40. The van der Waals surface area contributed by atoms with Gasteiger partial charge >= 0.3 is 0 Å². The molecule has 0 N–H and O–H groups in total. The molecule has 0 aromatic heterocycles. The maximum absolute atomic E-state index is 13.1. The van der Waals surface area contributed by atoms with Crippen molar-refractivity contribution in [1.29, 1.82) is 0 Å². The largest absolute Gasteiger partial charge is 0.494 e. The molecule has 2 aromatic carbocycles. The highest BCUT2D eigenvalue weighted by molar-refractivity contribution is 6.39. The number of azo groups is 1. The normalized spacial score (nSPS) is 11.7. The van der Waals surface area contributed by atoms with Crippen molar-refractivity contribution in [2.45, 2.75) is 40.7 Å². The number of nitrogens with zero attached hydrogens (tertiary/aromatic N) is 3. The molecular weight excluding hydrogens is 497 g/mol. The number of benzene rings is 2. The molecule has 11 heteroatoms. The van der Waals surface area contributed by atoms with E-state index >= 15 is 0 Å². The van der Waals surface area contributed by atoms with E-state index in [2.05, 4.69) is 10.2 Å². The van der Waals surface area contributed by atoms with Crippen LogP contribution in [0.1, 0.15) is 34.6 Å². The van der Waals surface area contributed by atoms with E-state index in [9.17, 15) is 9.59 Å². The fraction of sp³-hybridized carbons (Fsp3) is 0.417. The Balaban J connectivity index is 2.42. The number of hydrogen-bond acceptors (Lipinski definition) is 8. The number of Topliss-reactive ketones (excluding diaryl/α,β-unsaturated/α-hetero) is 1. The zero-order valence-electron chi connectivity index (χ0n) is 20.3. The number of ether oxygens (including phenoxy) is 4. The average molecular weight is 526 g/mol. The number of amides is 1. The Morgan fingerprint density at radius 3 is 1.86 bits per heavy atom. The SMILES string of the molecule is CCOc1cc(OCC)cc(N(Cl)C(=O)C(N=Nc2cc(OCC)cc(Cl)c2OCC)C(C)=O)c1. The third-order valence-corrected chi connectivity index (χ3v) is 5.05. The van der Waals surface area contributed by atoms with Gasteiger partial charge in [-0.25, -0.2) is 4.42 Å². The summed E-state index contributed by atoms with van der Waals surface area (Å²) >= 11 is 12.7. The van der Waals surface area contributed by atoms with E-state index in [4.69, 9.17) is 42.3 Å². The number of rotatable bonds is 13. The number of anilines is 1. The van der Waals surface area contributed by atoms with Crippen molar-refractivity contribution in [3.8, 4) is 23.0 Å². The van der Waals surface area contributed by atoms with Gasteiger partial charge in [0.2, 0.25) is 6.04 Å². The third kappa shape index (κ3) is 7.73. The molecule has 0 heterocycles. The number of carbonyl (C=O) groups is 2. The summed E-state index contributed by atoms with van der Waals surface area (Å²) < 4.78 is 22.9. The third-order valence-electron chi connectivity index (χ3n) is 4.40. The first kappa shape index (κ1) is 28.2. The molecule has 1 atom stereocenters. The summed E-state index contributed by atoms with van der Waals surface area (Å²) in [6.07, 6.45) is 0. The van der Waals surface area contributed by atoms with Crippen molar-refractivity contribution in [3.63, 3.8) is 0 Å². The van der Waals surface area contributed by atoms with E-state index in [0.29, 0.717) is 43.7 Å². The van der Waals surface area contributed by atoms with Crippen LogP contribution in [-0.4, -0.2) is 44.2 Å². The van der Waals surface area contributed by atoms with Crippen LogP contribution in [0.5, 0.6) is 23.0 Å². The standard InChI is InChI=1S/C24H29Cl2N3O6/c1-6-32-17-10-16(11-18(12-17)33-7-2)29(26)24(31)22(15(5)30)28-27-21-14-19(34-8-3)13-20(25)23(21)35-9-4/h10-14,22H,6-9H2,1-5H3. The van der Waals surface area contributed by atoms with E-state index in [0.717, 1.165) is 4.42 Å². The van der Waals surface area contributed by atoms with Gasteiger partial charge in [0.25, 0.3) is 5.91 Å². The summed E-state index contributed by atoms with van der Waals surface area (Å²) in [6, 6.07) is 6.43. The van der Waals surface area contributed by atoms with Crippen molar-refractivity contribution in [2.24, 2.45) is 10.2 Å². The van der Waals surface area contributed by atoms with E-state index in [1.54, 1.807) is 37.3 Å². The number of halogens is 2. The Labute approximate surface area is 215 Å². The molecular formula is C24H29Cl2N3O6. The van der Waals surface area contributed by atoms with Gasteiger partial charge in [0.05, 0.1) is 37.1 Å². The van der Waals surface area contributed by atoms with Crippen LogP contribution in [0, 0.1) is 0 Å². The maximum atomic E-state index is 13.1. The van der Waals surface area contributed by atoms with Gasteiger partial charge in [-0.2, -0.15) is 10.2 Å². The zero-order chi connectivity index (χ0) is 26.0. The second kappa shape index (κ2) is 13.7. The van der Waals surface area contributed by atoms with E-state index in [-0.39, 0.29) is 22.1 Å². The van der Waals surface area contributed by atoms with E-state index in [1.165, 1.54) is 6.92 Å². The van der Waals surface area contributed by atoms with Crippen molar-refractivity contribution >= 4 is 46.4 Å². The monoisotopic (exact) mass is 525 g/mol. The van der Waals surface area contributed by atoms with Gasteiger partial charge < -0.3 is 18.9 Å². The summed E-state index contributed by atoms with van der Waals surface area (Å²) in [5.41, 5.74) is 0.462. The minimum absolute atomic E-state index is 0.208. The van der Waals surface area contributed by atoms with Crippen LogP contribution in [0.15, 0.2) is 40.6 Å². The Hall–Kier alpha value is -3.04. The summed E-state index contributed by atoms with van der Waals surface area (Å²) in [4.78, 5) is 25.5. The molecule has 0 saturated carbocycles. The summed E-state index contributed by atoms with van der Waals surface area (Å²) in [6.45, 7) is 10.0. The molecule has 0 aliphatic rings. The number of ketones is 1. The molecule has 35 heavy (non-hydrogen) atoms. The first-order valence-electron chi connectivity index (χ1n) is 11.2. The van der Waals surface area contributed by atoms with Gasteiger partial charge in [-0.05, 0) is 34.6 Å². The Kier molecular flexibility index (Phi) is 11.1. The fourth-order valence-corrected chi connectivity index (χ4v) is 3.44. The predicted molar refractivity (Wildman–Crippen MR) is 135 cm³/mol. The first-order chi connectivity index (χ1) is 16.7. The molecule has 0 spiro atoms. The van der Waals surface area contributed by atoms with Crippen LogP contribution in [-0.2, 0) is 9.59 Å². The lowest BCUT2D eigenvalue weighted by molar-refractivity contribution is -0.126. The van der Waals surface area contributed by atoms with Crippen molar-refractivity contribution in [1.82, 2.24) is 0 Å². The first-order valence-corrected chi connectivity index (χ1v) is 11.9. The molecule has 1 unspecified atom stereocenters. The molecule has 2 aromatic rings. The summed E-state index contributed by atoms with van der Waals surface area (Å²) in [5, 5.41) is 8.34. The Morgan fingerprint density at radius 1 is 0.857 bits per heavy atom. The van der Waals surface area contributed by atoms with Gasteiger partial charge in [-0.3, -0.25) is 9.59 Å². The molecule has 0 radical (unpaired) electrons. The van der Waals surface area contributed by atoms with Crippen LogP contribution in [0.25, 0.3) is 0 Å². The molecule has 0 saturated heterocycles. The van der Waals surface area contributed by atoms with Crippen molar-refractivity contribution < 1.29 is 28.5 Å². The van der Waals surface area contributed by atoms with Crippen molar-refractivity contribution in [3.05, 3.63) is 35.4 Å². The number of carbonyl (C=O) groups excluding carboxylic acids is 2. The van der Waals surface area contributed by atoms with Gasteiger partial charge in [0.1, 0.15) is 22.9 Å². The second-order valence-electron chi connectivity index (χ2n) is 7.00. The second-order valence-corrected chi connectivity index (χ2v) is 7.74. The van der Waals surface area contributed by atoms with Crippen LogP contribution < -0.4 is 23.4 Å². The molecule has 190 valence electrons. The quantitative estimate of drug-likeness (QED) is 0.176. The lowest BCUT2D eigenvalue weighted by Crippen LogP contribution is -2.36. The van der Waals surface area contributed by atoms with E-state index in [1.807, 2.05) is 20.8 Å². The van der Waals surface area contributed by atoms with Crippen LogP contribution in [0.4, 0.5) is 11.4 Å². The smallest absolute Gasteiger partial charge is 0.276 e. The highest BCUT2D eigenvalue weighted by atomic mass is 35.5. The van der Waals surface area contributed by atoms with E-state index < -0.39 is 17.7 Å². The molecule has 1 amide bonds. The molecule has 2 rings (SSSR count). The van der Waals surface area contributed by atoms with Gasteiger partial charge in [0.15, 0.2) is 11.5 Å². The molecule has 0 fully saturated rings. The number of hydrogen-bond donors (Lipinski definition) is 0. The molecule has 9 nitrogen and oxygen atoms in total. The summed E-state index contributed by atoms with van der Waals surface area (Å²) in [5.74, 6) is 0.248. The maximum Gasteiger partial charge on any atom is 0.276 e. The average Bonchev–Trinajstić information content (AvgIpc) is 2.81. The van der Waals surface area contributed by atoms with Gasteiger partial charge in [0, 0.05) is 42.1 Å². The van der Waals surface area contributed by atoms with Gasteiger partial charge in [-0.15, -0.1) is 0 Å². The van der Waals surface area contributed by atoms with Crippen LogP contribution >= 0.6 is 23.4 Å². The lowest BCUT2D eigenvalue weighted by Gasteiger charge is -2.19. The Morgan fingerprint density at radius 2 is 1.37 bits per heavy atom. The summed E-state index contributed by atoms with van der Waals surface area (Å²) in [7, 11) is 0. The van der Waals surface area contributed by atoms with Crippen LogP contribution in [0.2, 0.25) is 5.02 Å². The topological polar surface area (TPSA) is 99.0 Å². The fourth-order valence-electron chi connectivity index (χ4n) is 3.00.